The molecule has 7 heteroatoms. The fraction of sp³-hybridized carbons (Fsp3) is 0.368. The van der Waals surface area contributed by atoms with Crippen molar-refractivity contribution in [3.8, 4) is 0 Å². The Bertz CT molecular complexity index is 774. The molecule has 4 nitrogen and oxygen atoms in total. The van der Waals surface area contributed by atoms with Crippen LogP contribution >= 0.6 is 30.6 Å². The molecule has 0 saturated heterocycles. The van der Waals surface area contributed by atoms with E-state index in [1.165, 1.54) is 0 Å². The molecule has 0 fully saturated rings. The van der Waals surface area contributed by atoms with Gasteiger partial charge in [0, 0.05) is 40.7 Å². The van der Waals surface area contributed by atoms with Crippen molar-refractivity contribution >= 4 is 41.6 Å². The molecule has 0 spiro atoms. The van der Waals surface area contributed by atoms with Crippen molar-refractivity contribution in [3.63, 3.8) is 0 Å². The Morgan fingerprint density at radius 1 is 1.08 bits per heavy atom. The second-order valence-electron chi connectivity index (χ2n) is 6.71. The Balaban J connectivity index is 2.52. The second kappa shape index (κ2) is 8.77. The van der Waals surface area contributed by atoms with Crippen LogP contribution < -0.4 is 10.2 Å². The average Bonchev–Trinajstić information content (AvgIpc) is 2.59. The van der Waals surface area contributed by atoms with E-state index >= 15 is 0 Å². The lowest BCUT2D eigenvalue weighted by atomic mass is 10.2. The molecule has 0 aliphatic rings. The first-order valence-corrected chi connectivity index (χ1v) is 10.8. The molecule has 0 bridgehead atoms. The van der Waals surface area contributed by atoms with E-state index in [2.05, 4.69) is 0 Å². The molecule has 0 aromatic heterocycles. The van der Waals surface area contributed by atoms with Crippen molar-refractivity contribution in [2.24, 2.45) is 5.92 Å². The highest BCUT2D eigenvalue weighted by atomic mass is 35.5. The zero-order valence-electron chi connectivity index (χ0n) is 15.3. The van der Waals surface area contributed by atoms with Gasteiger partial charge in [0.25, 0.3) is 7.37 Å². The molecule has 0 radical (unpaired) electrons. The Hall–Kier alpha value is -1.03. The van der Waals surface area contributed by atoms with E-state index in [0.29, 0.717) is 5.30 Å². The Morgan fingerprint density at radius 2 is 1.62 bits per heavy atom. The predicted molar refractivity (Wildman–Crippen MR) is 110 cm³/mol. The molecule has 2 rings (SSSR count). The van der Waals surface area contributed by atoms with Gasteiger partial charge in [0.1, 0.15) is 0 Å². The van der Waals surface area contributed by atoms with Crippen LogP contribution in [-0.4, -0.2) is 25.8 Å². The lowest BCUT2D eigenvalue weighted by Crippen LogP contribution is -2.18. The zero-order valence-corrected chi connectivity index (χ0v) is 17.7. The maximum atomic E-state index is 13.8. The van der Waals surface area contributed by atoms with Crippen molar-refractivity contribution in [2.75, 3.05) is 25.6 Å². The molecule has 0 unspecified atom stereocenters. The summed E-state index contributed by atoms with van der Waals surface area (Å²) in [5.74, 6) is -1.30. The van der Waals surface area contributed by atoms with E-state index in [1.54, 1.807) is 30.3 Å². The number of nitrogens with zero attached hydrogens (tertiary/aromatic N) is 1. The van der Waals surface area contributed by atoms with Gasteiger partial charge in [0.15, 0.2) is 5.85 Å². The number of aliphatic hydroxyl groups excluding tert-OH is 1. The molecule has 142 valence electrons. The van der Waals surface area contributed by atoms with Gasteiger partial charge in [-0.3, -0.25) is 4.57 Å². The summed E-state index contributed by atoms with van der Waals surface area (Å²) in [6.07, 6.45) is 0. The topological polar surface area (TPSA) is 49.8 Å². The van der Waals surface area contributed by atoms with E-state index in [0.717, 1.165) is 5.69 Å². The lowest BCUT2D eigenvalue weighted by molar-refractivity contribution is 0.203. The summed E-state index contributed by atoms with van der Waals surface area (Å²) in [6.45, 7) is 4.15. The van der Waals surface area contributed by atoms with E-state index in [1.807, 2.05) is 45.0 Å². The van der Waals surface area contributed by atoms with Gasteiger partial charge in [0.05, 0.1) is 6.61 Å². The van der Waals surface area contributed by atoms with Crippen molar-refractivity contribution in [2.45, 2.75) is 19.7 Å². The summed E-state index contributed by atoms with van der Waals surface area (Å²) in [4.78, 5) is 1.94. The van der Waals surface area contributed by atoms with Gasteiger partial charge in [-0.25, -0.2) is 0 Å². The van der Waals surface area contributed by atoms with Crippen LogP contribution in [0.1, 0.15) is 25.3 Å². The molecule has 0 aliphatic heterocycles. The third kappa shape index (κ3) is 4.62. The fourth-order valence-corrected chi connectivity index (χ4v) is 5.46. The summed E-state index contributed by atoms with van der Waals surface area (Å²) >= 11 is 12.4. The number of aliphatic hydroxyl groups is 1. The third-order valence-corrected chi connectivity index (χ3v) is 7.02. The van der Waals surface area contributed by atoms with Gasteiger partial charge < -0.3 is 14.5 Å². The van der Waals surface area contributed by atoms with Crippen LogP contribution in [0, 0.1) is 5.92 Å². The van der Waals surface area contributed by atoms with Crippen molar-refractivity contribution < 1.29 is 14.2 Å². The standard InChI is InChI=1S/C19H24Cl2NO3P/c1-13(2)12-25-26(24,15-10-8-14(9-11-15)22(3)4)19(23)18-16(20)6-5-7-17(18)21/h5-11,13,19,23H,12H2,1-4H3/t19-,26+/m1/s1. The number of rotatable bonds is 7. The third-order valence-electron chi connectivity index (χ3n) is 3.91. The Kier molecular flexibility index (Phi) is 7.18. The maximum absolute atomic E-state index is 13.8. The SMILES string of the molecule is CC(C)CO[P@@](=O)(c1ccc(N(C)C)cc1)[C@@H](O)c1c(Cl)cccc1Cl. The fourth-order valence-electron chi connectivity index (χ4n) is 2.43. The van der Waals surface area contributed by atoms with E-state index in [4.69, 9.17) is 27.7 Å². The summed E-state index contributed by atoms with van der Waals surface area (Å²) in [6, 6.07) is 12.0. The van der Waals surface area contributed by atoms with E-state index < -0.39 is 13.2 Å². The minimum absolute atomic E-state index is 0.151. The van der Waals surface area contributed by atoms with Gasteiger partial charge >= 0.3 is 0 Å². The number of hydrogen-bond donors (Lipinski definition) is 1. The number of halogens is 2. The highest BCUT2D eigenvalue weighted by molar-refractivity contribution is 7.67. The monoisotopic (exact) mass is 415 g/mol. The molecule has 0 aliphatic carbocycles. The molecular weight excluding hydrogens is 392 g/mol. The lowest BCUT2D eigenvalue weighted by Gasteiger charge is -2.27. The van der Waals surface area contributed by atoms with Crippen LogP contribution in [0.5, 0.6) is 0 Å². The molecule has 26 heavy (non-hydrogen) atoms. The highest BCUT2D eigenvalue weighted by Gasteiger charge is 2.38. The molecule has 2 aromatic rings. The maximum Gasteiger partial charge on any atom is 0.264 e. The first-order valence-electron chi connectivity index (χ1n) is 8.31. The molecule has 0 saturated carbocycles. The van der Waals surface area contributed by atoms with Gasteiger partial charge in [-0.15, -0.1) is 0 Å². The first kappa shape index (κ1) is 21.3. The normalized spacial score (nSPS) is 14.9. The van der Waals surface area contributed by atoms with Gasteiger partial charge in [0.2, 0.25) is 0 Å². The van der Waals surface area contributed by atoms with Crippen molar-refractivity contribution in [1.29, 1.82) is 0 Å². The highest BCUT2D eigenvalue weighted by Crippen LogP contribution is 2.60. The predicted octanol–water partition coefficient (Wildman–Crippen LogP) is 5.33. The van der Waals surface area contributed by atoms with Crippen LogP contribution in [-0.2, 0) is 9.09 Å². The average molecular weight is 416 g/mol. The van der Waals surface area contributed by atoms with Crippen molar-refractivity contribution in [1.82, 2.24) is 0 Å². The number of benzene rings is 2. The summed E-state index contributed by atoms with van der Waals surface area (Å²) in [7, 11) is 0.163. The summed E-state index contributed by atoms with van der Waals surface area (Å²) < 4.78 is 19.6. The molecule has 0 heterocycles. The Labute approximate surface area is 165 Å². The van der Waals surface area contributed by atoms with Crippen LogP contribution in [0.2, 0.25) is 10.0 Å². The number of hydrogen-bond acceptors (Lipinski definition) is 4. The minimum Gasteiger partial charge on any atom is -0.378 e. The van der Waals surface area contributed by atoms with Gasteiger partial charge in [-0.2, -0.15) is 0 Å². The minimum atomic E-state index is -3.67. The summed E-state index contributed by atoms with van der Waals surface area (Å²) in [5.41, 5.74) is 1.18. The summed E-state index contributed by atoms with van der Waals surface area (Å²) in [5, 5.41) is 11.9. The van der Waals surface area contributed by atoms with E-state index in [9.17, 15) is 9.67 Å². The van der Waals surface area contributed by atoms with Gasteiger partial charge in [-0.1, -0.05) is 43.1 Å². The second-order valence-corrected chi connectivity index (χ2v) is 9.98. The smallest absolute Gasteiger partial charge is 0.264 e. The largest absolute Gasteiger partial charge is 0.378 e. The molecular formula is C19H24Cl2NO3P. The first-order chi connectivity index (χ1) is 12.2. The Morgan fingerprint density at radius 3 is 2.08 bits per heavy atom. The number of anilines is 1. The molecule has 1 N–H and O–H groups in total. The molecule has 0 amide bonds. The van der Waals surface area contributed by atoms with Crippen LogP contribution in [0.15, 0.2) is 42.5 Å². The molecule has 2 atom stereocenters. The zero-order chi connectivity index (χ0) is 19.5. The van der Waals surface area contributed by atoms with Crippen LogP contribution in [0.4, 0.5) is 5.69 Å². The van der Waals surface area contributed by atoms with Crippen LogP contribution in [0.3, 0.4) is 0 Å². The van der Waals surface area contributed by atoms with E-state index in [-0.39, 0.29) is 28.1 Å². The molecule has 2 aromatic carbocycles. The van der Waals surface area contributed by atoms with Crippen LogP contribution in [0.25, 0.3) is 0 Å². The van der Waals surface area contributed by atoms with Gasteiger partial charge in [-0.05, 0) is 42.3 Å². The van der Waals surface area contributed by atoms with Crippen molar-refractivity contribution in [3.05, 3.63) is 58.1 Å². The quantitative estimate of drug-likeness (QED) is 0.621.